The third kappa shape index (κ3) is 4.53. The molecule has 1 N–H and O–H groups in total. The molecule has 1 rings (SSSR count). The van der Waals surface area contributed by atoms with E-state index in [2.05, 4.69) is 10.3 Å². The van der Waals surface area contributed by atoms with Crippen molar-refractivity contribution in [2.45, 2.75) is 39.8 Å². The van der Waals surface area contributed by atoms with Gasteiger partial charge in [0.2, 0.25) is 0 Å². The Labute approximate surface area is 102 Å². The molecule has 0 spiro atoms. The zero-order chi connectivity index (χ0) is 12.7. The predicted molar refractivity (Wildman–Crippen MR) is 66.5 cm³/mol. The lowest BCUT2D eigenvalue weighted by Gasteiger charge is -2.15. The van der Waals surface area contributed by atoms with Gasteiger partial charge >= 0.3 is 5.97 Å². The van der Waals surface area contributed by atoms with Crippen LogP contribution in [0.3, 0.4) is 0 Å². The lowest BCUT2D eigenvalue weighted by atomic mass is 10.2. The molecule has 0 saturated carbocycles. The van der Waals surface area contributed by atoms with Crippen molar-refractivity contribution in [1.29, 1.82) is 0 Å². The second kappa shape index (κ2) is 7.01. The minimum Gasteiger partial charge on any atom is -0.465 e. The summed E-state index contributed by atoms with van der Waals surface area (Å²) >= 11 is 0. The number of aromatic nitrogens is 1. The van der Waals surface area contributed by atoms with Crippen molar-refractivity contribution in [1.82, 2.24) is 10.3 Å². The van der Waals surface area contributed by atoms with Crippen LogP contribution in [0.5, 0.6) is 0 Å². The third-order valence-corrected chi connectivity index (χ3v) is 2.45. The first kappa shape index (κ1) is 13.6. The maximum atomic E-state index is 11.6. The highest BCUT2D eigenvalue weighted by molar-refractivity contribution is 5.75. The van der Waals surface area contributed by atoms with Gasteiger partial charge in [0.15, 0.2) is 0 Å². The average molecular weight is 236 g/mol. The number of hydrogen-bond donors (Lipinski definition) is 1. The molecule has 17 heavy (non-hydrogen) atoms. The molecule has 0 aliphatic carbocycles. The van der Waals surface area contributed by atoms with Gasteiger partial charge in [-0.2, -0.15) is 0 Å². The van der Waals surface area contributed by atoms with Gasteiger partial charge in [-0.15, -0.1) is 0 Å². The van der Waals surface area contributed by atoms with E-state index in [0.29, 0.717) is 19.6 Å². The van der Waals surface area contributed by atoms with Crippen molar-refractivity contribution in [3.8, 4) is 0 Å². The van der Waals surface area contributed by atoms with Gasteiger partial charge in [-0.25, -0.2) is 0 Å². The van der Waals surface area contributed by atoms with Crippen LogP contribution in [-0.4, -0.2) is 23.6 Å². The Hall–Kier alpha value is -1.42. The molecule has 4 nitrogen and oxygen atoms in total. The van der Waals surface area contributed by atoms with Gasteiger partial charge in [0.05, 0.1) is 12.3 Å². The Morgan fingerprint density at radius 2 is 2.24 bits per heavy atom. The van der Waals surface area contributed by atoms with E-state index in [-0.39, 0.29) is 12.0 Å². The van der Waals surface area contributed by atoms with Crippen LogP contribution in [0.1, 0.15) is 31.7 Å². The van der Waals surface area contributed by atoms with Crippen LogP contribution in [0.15, 0.2) is 18.2 Å². The summed E-state index contributed by atoms with van der Waals surface area (Å²) in [6.07, 6.45) is 0.713. The fourth-order valence-electron chi connectivity index (χ4n) is 1.56. The molecule has 0 aromatic carbocycles. The molecule has 0 aliphatic rings. The lowest BCUT2D eigenvalue weighted by molar-refractivity contribution is -0.145. The highest BCUT2D eigenvalue weighted by Gasteiger charge is 2.16. The molecule has 0 aliphatic heterocycles. The Bertz CT molecular complexity index is 366. The molecule has 0 amide bonds. The van der Waals surface area contributed by atoms with Gasteiger partial charge in [-0.3, -0.25) is 15.1 Å². The number of aryl methyl sites for hydroxylation is 1. The van der Waals surface area contributed by atoms with E-state index in [1.54, 1.807) is 0 Å². The monoisotopic (exact) mass is 236 g/mol. The van der Waals surface area contributed by atoms with Crippen LogP contribution < -0.4 is 5.32 Å². The fourth-order valence-corrected chi connectivity index (χ4v) is 1.56. The predicted octanol–water partition coefficient (Wildman–Crippen LogP) is 1.82. The molecule has 1 aromatic heterocycles. The molecule has 0 fully saturated rings. The number of carbonyl (C=O) groups is 1. The first-order valence-corrected chi connectivity index (χ1v) is 6.00. The van der Waals surface area contributed by atoms with E-state index in [0.717, 1.165) is 11.4 Å². The van der Waals surface area contributed by atoms with Crippen LogP contribution in [0.2, 0.25) is 0 Å². The number of pyridine rings is 1. The summed E-state index contributed by atoms with van der Waals surface area (Å²) in [7, 11) is 0. The van der Waals surface area contributed by atoms with Crippen LogP contribution in [0.25, 0.3) is 0 Å². The first-order chi connectivity index (χ1) is 8.17. The quantitative estimate of drug-likeness (QED) is 0.765. The lowest BCUT2D eigenvalue weighted by Crippen LogP contribution is -2.37. The first-order valence-electron chi connectivity index (χ1n) is 6.00. The van der Waals surface area contributed by atoms with Crippen LogP contribution >= 0.6 is 0 Å². The Balaban J connectivity index is 2.50. The average Bonchev–Trinajstić information content (AvgIpc) is 2.30. The highest BCUT2D eigenvalue weighted by Crippen LogP contribution is 2.01. The standard InChI is InChI=1S/C13H20N2O2/c1-4-12(13(16)17-5-2)14-9-11-8-6-7-10(3)15-11/h6-8,12,14H,4-5,9H2,1-3H3. The van der Waals surface area contributed by atoms with Crippen molar-refractivity contribution in [3.63, 3.8) is 0 Å². The Morgan fingerprint density at radius 3 is 2.82 bits per heavy atom. The second-order valence-corrected chi connectivity index (χ2v) is 3.86. The van der Waals surface area contributed by atoms with E-state index in [4.69, 9.17) is 4.74 Å². The minimum atomic E-state index is -0.253. The molecule has 1 heterocycles. The Morgan fingerprint density at radius 1 is 1.47 bits per heavy atom. The molecule has 0 bridgehead atoms. The van der Waals surface area contributed by atoms with Crippen molar-refractivity contribution < 1.29 is 9.53 Å². The van der Waals surface area contributed by atoms with Gasteiger partial charge in [0.1, 0.15) is 6.04 Å². The summed E-state index contributed by atoms with van der Waals surface area (Å²) < 4.78 is 4.99. The Kier molecular flexibility index (Phi) is 5.63. The second-order valence-electron chi connectivity index (χ2n) is 3.86. The van der Waals surface area contributed by atoms with Crippen LogP contribution in [-0.2, 0) is 16.1 Å². The number of hydrogen-bond acceptors (Lipinski definition) is 4. The molecule has 0 radical (unpaired) electrons. The number of rotatable bonds is 6. The number of nitrogens with zero attached hydrogens (tertiary/aromatic N) is 1. The molecular formula is C13H20N2O2. The van der Waals surface area contributed by atoms with Crippen molar-refractivity contribution >= 4 is 5.97 Å². The van der Waals surface area contributed by atoms with E-state index < -0.39 is 0 Å². The number of ether oxygens (including phenoxy) is 1. The van der Waals surface area contributed by atoms with E-state index in [9.17, 15) is 4.79 Å². The van der Waals surface area contributed by atoms with E-state index >= 15 is 0 Å². The largest absolute Gasteiger partial charge is 0.465 e. The molecule has 1 aromatic rings. The van der Waals surface area contributed by atoms with Gasteiger partial charge < -0.3 is 4.74 Å². The normalized spacial score (nSPS) is 12.2. The van der Waals surface area contributed by atoms with E-state index in [1.807, 2.05) is 39.0 Å². The van der Waals surface area contributed by atoms with Crippen molar-refractivity contribution in [2.24, 2.45) is 0 Å². The van der Waals surface area contributed by atoms with Gasteiger partial charge in [-0.1, -0.05) is 13.0 Å². The summed E-state index contributed by atoms with van der Waals surface area (Å²) in [6.45, 7) is 6.72. The minimum absolute atomic E-state index is 0.192. The summed E-state index contributed by atoms with van der Waals surface area (Å²) in [5.74, 6) is -0.192. The fraction of sp³-hybridized carbons (Fsp3) is 0.538. The number of carbonyl (C=O) groups excluding carboxylic acids is 1. The van der Waals surface area contributed by atoms with Crippen molar-refractivity contribution in [2.75, 3.05) is 6.61 Å². The number of nitrogens with one attached hydrogen (secondary N) is 1. The zero-order valence-corrected chi connectivity index (χ0v) is 10.7. The SMILES string of the molecule is CCOC(=O)C(CC)NCc1cccc(C)n1. The highest BCUT2D eigenvalue weighted by atomic mass is 16.5. The van der Waals surface area contributed by atoms with Gasteiger partial charge in [-0.05, 0) is 32.4 Å². The maximum Gasteiger partial charge on any atom is 0.323 e. The molecular weight excluding hydrogens is 216 g/mol. The molecule has 4 heteroatoms. The van der Waals surface area contributed by atoms with Crippen molar-refractivity contribution in [3.05, 3.63) is 29.6 Å². The third-order valence-electron chi connectivity index (χ3n) is 2.45. The number of esters is 1. The van der Waals surface area contributed by atoms with Gasteiger partial charge in [0.25, 0.3) is 0 Å². The molecule has 0 saturated heterocycles. The molecule has 1 unspecified atom stereocenters. The summed E-state index contributed by atoms with van der Waals surface area (Å²) in [5.41, 5.74) is 1.92. The molecule has 94 valence electrons. The van der Waals surface area contributed by atoms with E-state index in [1.165, 1.54) is 0 Å². The van der Waals surface area contributed by atoms with Gasteiger partial charge in [0, 0.05) is 12.2 Å². The smallest absolute Gasteiger partial charge is 0.323 e. The summed E-state index contributed by atoms with van der Waals surface area (Å²) in [5, 5.41) is 3.16. The maximum absolute atomic E-state index is 11.6. The zero-order valence-electron chi connectivity index (χ0n) is 10.7. The summed E-state index contributed by atoms with van der Waals surface area (Å²) in [6, 6.07) is 5.60. The summed E-state index contributed by atoms with van der Waals surface area (Å²) in [4.78, 5) is 15.9. The van der Waals surface area contributed by atoms with Crippen LogP contribution in [0.4, 0.5) is 0 Å². The van der Waals surface area contributed by atoms with Crippen LogP contribution in [0, 0.1) is 6.92 Å². The topological polar surface area (TPSA) is 51.2 Å². The molecule has 1 atom stereocenters.